The molecule has 1 atom stereocenters. The van der Waals surface area contributed by atoms with Crippen molar-refractivity contribution in [3.05, 3.63) is 30.0 Å². The number of aromatic nitrogens is 2. The van der Waals surface area contributed by atoms with Gasteiger partial charge in [0.2, 0.25) is 11.9 Å². The quantitative estimate of drug-likeness (QED) is 0.659. The van der Waals surface area contributed by atoms with E-state index in [0.29, 0.717) is 40.4 Å². The average Bonchev–Trinajstić information content (AvgIpc) is 2.93. The van der Waals surface area contributed by atoms with Crippen LogP contribution in [0.2, 0.25) is 0 Å². The number of nitrogens with one attached hydrogen (secondary N) is 3. The highest BCUT2D eigenvalue weighted by atomic mass is 16.2. The Labute approximate surface area is 188 Å². The van der Waals surface area contributed by atoms with Crippen LogP contribution in [0, 0.1) is 5.92 Å². The molecule has 0 saturated carbocycles. The summed E-state index contributed by atoms with van der Waals surface area (Å²) in [5.41, 5.74) is 2.31. The summed E-state index contributed by atoms with van der Waals surface area (Å²) in [6, 6.07) is 5.77. The summed E-state index contributed by atoms with van der Waals surface area (Å²) in [6.07, 6.45) is 4.44. The zero-order chi connectivity index (χ0) is 22.8. The first kappa shape index (κ1) is 22.0. The largest absolute Gasteiger partial charge is 0.341 e. The van der Waals surface area contributed by atoms with Gasteiger partial charge in [-0.2, -0.15) is 4.98 Å². The van der Waals surface area contributed by atoms with E-state index in [0.717, 1.165) is 32.4 Å². The van der Waals surface area contributed by atoms with Crippen LogP contribution in [-0.2, 0) is 4.79 Å². The molecule has 170 valence electrons. The van der Waals surface area contributed by atoms with Gasteiger partial charge in [-0.15, -0.1) is 0 Å². The first-order valence-electron chi connectivity index (χ1n) is 11.2. The average molecular weight is 438 g/mol. The summed E-state index contributed by atoms with van der Waals surface area (Å²) in [5.74, 6) is 0.657. The molecule has 1 fully saturated rings. The van der Waals surface area contributed by atoms with E-state index in [1.165, 1.54) is 0 Å². The fourth-order valence-corrected chi connectivity index (χ4v) is 3.95. The molecule has 1 saturated heterocycles. The van der Waals surface area contributed by atoms with Gasteiger partial charge in [0.1, 0.15) is 11.4 Å². The maximum absolute atomic E-state index is 12.8. The smallest absolute Gasteiger partial charge is 0.261 e. The molecule has 2 aliphatic rings. The third kappa shape index (κ3) is 4.52. The Hall–Kier alpha value is -3.20. The van der Waals surface area contributed by atoms with E-state index in [1.807, 2.05) is 33.0 Å². The molecule has 1 unspecified atom stereocenters. The molecule has 0 aliphatic carbocycles. The highest BCUT2D eigenvalue weighted by Crippen LogP contribution is 2.34. The minimum atomic E-state index is -0.287. The molecule has 1 aromatic heterocycles. The lowest BCUT2D eigenvalue weighted by Gasteiger charge is -2.35. The van der Waals surface area contributed by atoms with Crippen LogP contribution in [0.15, 0.2) is 24.4 Å². The topological polar surface area (TPSA) is 102 Å². The van der Waals surface area contributed by atoms with Gasteiger partial charge in [-0.05, 0) is 57.6 Å². The van der Waals surface area contributed by atoms with E-state index in [4.69, 9.17) is 0 Å². The number of hydrogen-bond donors (Lipinski definition) is 3. The highest BCUT2D eigenvalue weighted by molar-refractivity contribution is 6.11. The monoisotopic (exact) mass is 437 g/mol. The Morgan fingerprint density at radius 2 is 2.03 bits per heavy atom. The number of likely N-dealkylation sites (tertiary alicyclic amines) is 1. The number of anilines is 5. The normalized spacial score (nSPS) is 17.3. The van der Waals surface area contributed by atoms with Gasteiger partial charge in [0, 0.05) is 30.9 Å². The Balaban J connectivity index is 1.56. The number of carbonyl (C=O) groups excluding carboxylic acids is 2. The first-order chi connectivity index (χ1) is 15.4. The van der Waals surface area contributed by atoms with Gasteiger partial charge in [-0.3, -0.25) is 9.59 Å². The molecule has 2 aliphatic heterocycles. The number of nitrogens with zero attached hydrogens (tertiary/aromatic N) is 4. The van der Waals surface area contributed by atoms with Gasteiger partial charge in [-0.25, -0.2) is 4.98 Å². The van der Waals surface area contributed by atoms with Crippen LogP contribution >= 0.6 is 0 Å². The molecule has 0 spiro atoms. The number of rotatable bonds is 5. The van der Waals surface area contributed by atoms with Crippen LogP contribution in [-0.4, -0.2) is 59.9 Å². The minimum absolute atomic E-state index is 0.0453. The number of carbonyl (C=O) groups is 2. The predicted molar refractivity (Wildman–Crippen MR) is 127 cm³/mol. The molecule has 3 N–H and O–H groups in total. The molecule has 3 heterocycles. The minimum Gasteiger partial charge on any atom is -0.341 e. The van der Waals surface area contributed by atoms with Crippen molar-refractivity contribution in [2.75, 3.05) is 48.0 Å². The molecule has 0 bridgehead atoms. The molecule has 1 aromatic carbocycles. The SMILES string of the molecule is CCC(C)C(=O)Nc1ccc2c(c1)NC(=O)c1cnc(N(C)C3CCN(C)CC3)nc1N2. The van der Waals surface area contributed by atoms with Gasteiger partial charge in [-0.1, -0.05) is 13.8 Å². The van der Waals surface area contributed by atoms with Gasteiger partial charge in [0.05, 0.1) is 11.4 Å². The fraction of sp³-hybridized carbons (Fsp3) is 0.478. The summed E-state index contributed by atoms with van der Waals surface area (Å²) in [6.45, 7) is 5.95. The van der Waals surface area contributed by atoms with Crippen LogP contribution in [0.3, 0.4) is 0 Å². The third-order valence-electron chi connectivity index (χ3n) is 6.42. The van der Waals surface area contributed by atoms with Gasteiger partial charge >= 0.3 is 0 Å². The molecule has 2 aromatic rings. The lowest BCUT2D eigenvalue weighted by Crippen LogP contribution is -2.42. The summed E-state index contributed by atoms with van der Waals surface area (Å²) in [4.78, 5) is 38.6. The lowest BCUT2D eigenvalue weighted by atomic mass is 10.0. The second kappa shape index (κ2) is 9.12. The van der Waals surface area contributed by atoms with Crippen molar-refractivity contribution >= 4 is 40.6 Å². The molecule has 4 rings (SSSR count). The van der Waals surface area contributed by atoms with Crippen molar-refractivity contribution in [1.29, 1.82) is 0 Å². The molecule has 2 amide bonds. The second-order valence-electron chi connectivity index (χ2n) is 8.72. The maximum Gasteiger partial charge on any atom is 0.261 e. The van der Waals surface area contributed by atoms with E-state index in [1.54, 1.807) is 12.3 Å². The first-order valence-corrected chi connectivity index (χ1v) is 11.2. The van der Waals surface area contributed by atoms with Crippen molar-refractivity contribution in [3.63, 3.8) is 0 Å². The summed E-state index contributed by atoms with van der Waals surface area (Å²) >= 11 is 0. The van der Waals surface area contributed by atoms with Crippen LogP contribution in [0.5, 0.6) is 0 Å². The Bertz CT molecular complexity index is 1020. The van der Waals surface area contributed by atoms with E-state index in [2.05, 4.69) is 42.8 Å². The number of benzene rings is 1. The Kier molecular flexibility index (Phi) is 6.27. The third-order valence-corrected chi connectivity index (χ3v) is 6.42. The second-order valence-corrected chi connectivity index (χ2v) is 8.72. The van der Waals surface area contributed by atoms with Crippen LogP contribution in [0.4, 0.5) is 28.8 Å². The summed E-state index contributed by atoms with van der Waals surface area (Å²) in [5, 5.41) is 9.08. The molecule has 0 radical (unpaired) electrons. The predicted octanol–water partition coefficient (Wildman–Crippen LogP) is 3.30. The summed E-state index contributed by atoms with van der Waals surface area (Å²) < 4.78 is 0. The fourth-order valence-electron chi connectivity index (χ4n) is 3.95. The van der Waals surface area contributed by atoms with E-state index in [9.17, 15) is 9.59 Å². The highest BCUT2D eigenvalue weighted by Gasteiger charge is 2.26. The van der Waals surface area contributed by atoms with E-state index in [-0.39, 0.29) is 17.7 Å². The van der Waals surface area contributed by atoms with Crippen molar-refractivity contribution < 1.29 is 9.59 Å². The van der Waals surface area contributed by atoms with Gasteiger partial charge in [0.15, 0.2) is 0 Å². The van der Waals surface area contributed by atoms with Crippen LogP contribution in [0.1, 0.15) is 43.5 Å². The number of amides is 2. The molecule has 9 nitrogen and oxygen atoms in total. The standard InChI is InChI=1S/C23H31N7O2/c1-5-14(2)21(31)25-15-6-7-18-19(12-15)27-22(32)17-13-24-23(28-20(17)26-18)30(4)16-8-10-29(3)11-9-16/h6-7,12-14,16H,5,8-11H2,1-4H3,(H,25,31)(H,27,32)(H,24,26,28). The number of hydrogen-bond acceptors (Lipinski definition) is 7. The van der Waals surface area contributed by atoms with E-state index >= 15 is 0 Å². The van der Waals surface area contributed by atoms with Crippen LogP contribution in [0.25, 0.3) is 0 Å². The molecular weight excluding hydrogens is 406 g/mol. The zero-order valence-electron chi connectivity index (χ0n) is 19.1. The molecule has 9 heteroatoms. The number of piperidine rings is 1. The van der Waals surface area contributed by atoms with Crippen LogP contribution < -0.4 is 20.9 Å². The van der Waals surface area contributed by atoms with Gasteiger partial charge in [0.25, 0.3) is 5.91 Å². The van der Waals surface area contributed by atoms with Crippen molar-refractivity contribution in [2.45, 2.75) is 39.2 Å². The Morgan fingerprint density at radius 1 is 1.28 bits per heavy atom. The van der Waals surface area contributed by atoms with Crippen molar-refractivity contribution in [3.8, 4) is 0 Å². The molecule has 32 heavy (non-hydrogen) atoms. The summed E-state index contributed by atoms with van der Waals surface area (Å²) in [7, 11) is 4.14. The zero-order valence-corrected chi connectivity index (χ0v) is 19.1. The number of fused-ring (bicyclic) bond motifs is 2. The Morgan fingerprint density at radius 3 is 2.75 bits per heavy atom. The van der Waals surface area contributed by atoms with Gasteiger partial charge < -0.3 is 25.8 Å². The van der Waals surface area contributed by atoms with Crippen molar-refractivity contribution in [1.82, 2.24) is 14.9 Å². The maximum atomic E-state index is 12.8. The lowest BCUT2D eigenvalue weighted by molar-refractivity contribution is -0.119. The van der Waals surface area contributed by atoms with Crippen molar-refractivity contribution in [2.24, 2.45) is 5.92 Å². The molecular formula is C23H31N7O2. The van der Waals surface area contributed by atoms with E-state index < -0.39 is 0 Å².